The predicted molar refractivity (Wildman–Crippen MR) is 91.7 cm³/mol. The van der Waals surface area contributed by atoms with Crippen LogP contribution in [0.4, 0.5) is 17.1 Å². The van der Waals surface area contributed by atoms with E-state index in [1.165, 1.54) is 0 Å². The zero-order valence-corrected chi connectivity index (χ0v) is 13.1. The molecule has 0 fully saturated rings. The van der Waals surface area contributed by atoms with E-state index in [0.717, 1.165) is 17.1 Å². The molecule has 118 valence electrons. The first-order chi connectivity index (χ1) is 10.5. The summed E-state index contributed by atoms with van der Waals surface area (Å²) in [5.41, 5.74) is 3.03. The Balaban J connectivity index is 2.08. The van der Waals surface area contributed by atoms with Gasteiger partial charge in [-0.2, -0.15) is 0 Å². The Hall–Kier alpha value is -2.04. The molecule has 4 nitrogen and oxygen atoms in total. The van der Waals surface area contributed by atoms with Crippen LogP contribution in [0.3, 0.4) is 0 Å². The van der Waals surface area contributed by atoms with Crippen molar-refractivity contribution in [2.45, 2.75) is 26.1 Å². The lowest BCUT2D eigenvalue weighted by Crippen LogP contribution is -2.36. The van der Waals surface area contributed by atoms with Crippen LogP contribution in [0, 0.1) is 0 Å². The van der Waals surface area contributed by atoms with E-state index >= 15 is 0 Å². The summed E-state index contributed by atoms with van der Waals surface area (Å²) < 4.78 is 0. The minimum absolute atomic E-state index is 0.444. The highest BCUT2D eigenvalue weighted by molar-refractivity contribution is 5.62. The molecule has 0 aliphatic carbocycles. The van der Waals surface area contributed by atoms with Gasteiger partial charge in [-0.3, -0.25) is 0 Å². The maximum absolute atomic E-state index is 9.61. The molecule has 3 N–H and O–H groups in total. The van der Waals surface area contributed by atoms with Gasteiger partial charge < -0.3 is 20.4 Å². The normalized spacial score (nSPS) is 13.5. The van der Waals surface area contributed by atoms with Crippen molar-refractivity contribution >= 4 is 17.1 Å². The standard InChI is InChI=1S/C18H24N2O2/c1-14(21)12-20(13-15(2)22)18-10-8-17(9-11-18)19-16-6-4-3-5-7-16/h3-11,14-15,19,21-22H,12-13H2,1-2H3. The number of aliphatic hydroxyl groups is 2. The predicted octanol–water partition coefficient (Wildman–Crippen LogP) is 3.00. The summed E-state index contributed by atoms with van der Waals surface area (Å²) in [6.07, 6.45) is -0.887. The van der Waals surface area contributed by atoms with E-state index in [2.05, 4.69) is 5.32 Å². The number of aliphatic hydroxyl groups excluding tert-OH is 2. The molecule has 0 amide bonds. The van der Waals surface area contributed by atoms with E-state index in [9.17, 15) is 10.2 Å². The molecular formula is C18H24N2O2. The molecule has 2 atom stereocenters. The molecule has 0 aromatic heterocycles. The van der Waals surface area contributed by atoms with E-state index in [4.69, 9.17) is 0 Å². The lowest BCUT2D eigenvalue weighted by molar-refractivity contribution is 0.178. The molecule has 0 saturated carbocycles. The Labute approximate surface area is 132 Å². The third-order valence-electron chi connectivity index (χ3n) is 3.26. The van der Waals surface area contributed by atoms with Gasteiger partial charge >= 0.3 is 0 Å². The van der Waals surface area contributed by atoms with Crippen molar-refractivity contribution in [3.8, 4) is 0 Å². The molecule has 4 heteroatoms. The fraction of sp³-hybridized carbons (Fsp3) is 0.333. The van der Waals surface area contributed by atoms with Crippen molar-refractivity contribution in [3.63, 3.8) is 0 Å². The molecule has 2 unspecified atom stereocenters. The number of nitrogens with one attached hydrogen (secondary N) is 1. The minimum atomic E-state index is -0.444. The third-order valence-corrected chi connectivity index (χ3v) is 3.26. The minimum Gasteiger partial charge on any atom is -0.392 e. The van der Waals surface area contributed by atoms with Gasteiger partial charge in [-0.25, -0.2) is 0 Å². The molecule has 2 rings (SSSR count). The number of nitrogens with zero attached hydrogens (tertiary/aromatic N) is 1. The summed E-state index contributed by atoms with van der Waals surface area (Å²) in [7, 11) is 0. The number of benzene rings is 2. The van der Waals surface area contributed by atoms with Crippen molar-refractivity contribution in [2.24, 2.45) is 0 Å². The van der Waals surface area contributed by atoms with Crippen LogP contribution in [0.2, 0.25) is 0 Å². The fourth-order valence-electron chi connectivity index (χ4n) is 2.37. The van der Waals surface area contributed by atoms with Crippen LogP contribution in [-0.2, 0) is 0 Å². The second-order valence-corrected chi connectivity index (χ2v) is 5.64. The van der Waals surface area contributed by atoms with Gasteiger partial charge in [0.2, 0.25) is 0 Å². The zero-order chi connectivity index (χ0) is 15.9. The van der Waals surface area contributed by atoms with Gasteiger partial charge in [0.1, 0.15) is 0 Å². The molecule has 0 bridgehead atoms. The van der Waals surface area contributed by atoms with Gasteiger partial charge in [0.25, 0.3) is 0 Å². The summed E-state index contributed by atoms with van der Waals surface area (Å²) in [5.74, 6) is 0. The molecular weight excluding hydrogens is 276 g/mol. The van der Waals surface area contributed by atoms with Gasteiger partial charge in [0, 0.05) is 30.2 Å². The highest BCUT2D eigenvalue weighted by Crippen LogP contribution is 2.21. The summed E-state index contributed by atoms with van der Waals surface area (Å²) in [5, 5.41) is 22.6. The lowest BCUT2D eigenvalue weighted by atomic mass is 10.2. The van der Waals surface area contributed by atoms with E-state index in [-0.39, 0.29) is 0 Å². The van der Waals surface area contributed by atoms with Gasteiger partial charge in [0.05, 0.1) is 12.2 Å². The van der Waals surface area contributed by atoms with Crippen molar-refractivity contribution in [1.82, 2.24) is 0 Å². The molecule has 2 aromatic carbocycles. The summed E-state index contributed by atoms with van der Waals surface area (Å²) >= 11 is 0. The Morgan fingerprint density at radius 3 is 1.82 bits per heavy atom. The molecule has 0 heterocycles. The lowest BCUT2D eigenvalue weighted by Gasteiger charge is -2.27. The van der Waals surface area contributed by atoms with E-state index in [1.54, 1.807) is 13.8 Å². The topological polar surface area (TPSA) is 55.7 Å². The largest absolute Gasteiger partial charge is 0.392 e. The van der Waals surface area contributed by atoms with Crippen molar-refractivity contribution in [1.29, 1.82) is 0 Å². The van der Waals surface area contributed by atoms with Gasteiger partial charge in [-0.15, -0.1) is 0 Å². The molecule has 0 aliphatic heterocycles. The maximum atomic E-state index is 9.61. The number of anilines is 3. The quantitative estimate of drug-likeness (QED) is 0.736. The Bertz CT molecular complexity index is 543. The third kappa shape index (κ3) is 5.06. The average molecular weight is 300 g/mol. The Morgan fingerprint density at radius 2 is 1.32 bits per heavy atom. The Morgan fingerprint density at radius 1 is 0.818 bits per heavy atom. The molecule has 2 aromatic rings. The van der Waals surface area contributed by atoms with Crippen LogP contribution in [0.25, 0.3) is 0 Å². The van der Waals surface area contributed by atoms with E-state index < -0.39 is 12.2 Å². The fourth-order valence-corrected chi connectivity index (χ4v) is 2.37. The van der Waals surface area contributed by atoms with Gasteiger partial charge in [0.15, 0.2) is 0 Å². The monoisotopic (exact) mass is 300 g/mol. The highest BCUT2D eigenvalue weighted by atomic mass is 16.3. The van der Waals surface area contributed by atoms with E-state index in [1.807, 2.05) is 59.5 Å². The van der Waals surface area contributed by atoms with E-state index in [0.29, 0.717) is 13.1 Å². The smallest absolute Gasteiger partial charge is 0.0687 e. The second-order valence-electron chi connectivity index (χ2n) is 5.64. The molecule has 0 radical (unpaired) electrons. The van der Waals surface area contributed by atoms with Crippen LogP contribution in [-0.4, -0.2) is 35.5 Å². The van der Waals surface area contributed by atoms with Crippen molar-refractivity contribution in [3.05, 3.63) is 54.6 Å². The van der Waals surface area contributed by atoms with Crippen LogP contribution in [0.1, 0.15) is 13.8 Å². The molecule has 22 heavy (non-hydrogen) atoms. The second kappa shape index (κ2) is 7.82. The number of hydrogen-bond donors (Lipinski definition) is 3. The first-order valence-corrected chi connectivity index (χ1v) is 7.58. The number of hydrogen-bond acceptors (Lipinski definition) is 4. The van der Waals surface area contributed by atoms with Crippen LogP contribution in [0.5, 0.6) is 0 Å². The molecule has 0 spiro atoms. The summed E-state index contributed by atoms with van der Waals surface area (Å²) in [4.78, 5) is 1.99. The number of rotatable bonds is 7. The molecule has 0 aliphatic rings. The van der Waals surface area contributed by atoms with Gasteiger partial charge in [-0.1, -0.05) is 18.2 Å². The van der Waals surface area contributed by atoms with Crippen molar-refractivity contribution in [2.75, 3.05) is 23.3 Å². The van der Waals surface area contributed by atoms with Crippen LogP contribution >= 0.6 is 0 Å². The number of para-hydroxylation sites is 1. The maximum Gasteiger partial charge on any atom is 0.0687 e. The zero-order valence-electron chi connectivity index (χ0n) is 13.1. The average Bonchev–Trinajstić information content (AvgIpc) is 2.47. The highest BCUT2D eigenvalue weighted by Gasteiger charge is 2.12. The Kier molecular flexibility index (Phi) is 5.81. The van der Waals surface area contributed by atoms with Crippen LogP contribution in [0.15, 0.2) is 54.6 Å². The van der Waals surface area contributed by atoms with Crippen LogP contribution < -0.4 is 10.2 Å². The van der Waals surface area contributed by atoms with Gasteiger partial charge in [-0.05, 0) is 50.2 Å². The summed E-state index contributed by atoms with van der Waals surface area (Å²) in [6.45, 7) is 4.49. The first kappa shape index (κ1) is 16.3. The van der Waals surface area contributed by atoms with Crippen molar-refractivity contribution < 1.29 is 10.2 Å². The molecule has 0 saturated heterocycles. The SMILES string of the molecule is CC(O)CN(CC(C)O)c1ccc(Nc2ccccc2)cc1. The first-order valence-electron chi connectivity index (χ1n) is 7.58. The summed E-state index contributed by atoms with van der Waals surface area (Å²) in [6, 6.07) is 18.0.